The van der Waals surface area contributed by atoms with Crippen LogP contribution in [-0.2, 0) is 0 Å². The second-order valence-electron chi connectivity index (χ2n) is 4.74. The number of hydrogen-bond donors (Lipinski definition) is 1. The summed E-state index contributed by atoms with van der Waals surface area (Å²) in [5, 5.41) is 9.62. The van der Waals surface area contributed by atoms with Gasteiger partial charge in [-0.1, -0.05) is 23.7 Å². The van der Waals surface area contributed by atoms with Crippen LogP contribution in [0.5, 0.6) is 0 Å². The van der Waals surface area contributed by atoms with Crippen molar-refractivity contribution >= 4 is 17.5 Å². The van der Waals surface area contributed by atoms with Crippen LogP contribution in [0.25, 0.3) is 0 Å². The molecule has 1 saturated carbocycles. The quantitative estimate of drug-likeness (QED) is 0.911. The van der Waals surface area contributed by atoms with Gasteiger partial charge < -0.3 is 10.0 Å². The molecule has 0 spiro atoms. The van der Waals surface area contributed by atoms with Crippen LogP contribution in [0.4, 0.5) is 0 Å². The Bertz CT molecular complexity index is 443. The molecule has 1 aromatic carbocycles. The lowest BCUT2D eigenvalue weighted by atomic mass is 9.91. The van der Waals surface area contributed by atoms with Crippen LogP contribution in [0, 0.1) is 6.92 Å². The van der Waals surface area contributed by atoms with E-state index in [9.17, 15) is 4.79 Å². The highest BCUT2D eigenvalue weighted by atomic mass is 35.5. The molecule has 98 valence electrons. The monoisotopic (exact) mass is 267 g/mol. The molecule has 18 heavy (non-hydrogen) atoms. The number of rotatable bonds is 4. The standard InChI is InChI=1S/C14H18ClNO2/c1-10-4-2-7-12(13(10)15)14(18)16(8-9-17)11-5-3-6-11/h2,4,7,11,17H,3,5-6,8-9H2,1H3. The average molecular weight is 268 g/mol. The maximum atomic E-state index is 12.5. The first-order chi connectivity index (χ1) is 8.65. The van der Waals surface area contributed by atoms with E-state index in [0.29, 0.717) is 17.1 Å². The number of hydrogen-bond acceptors (Lipinski definition) is 2. The highest BCUT2D eigenvalue weighted by molar-refractivity contribution is 6.34. The van der Waals surface area contributed by atoms with E-state index in [1.54, 1.807) is 11.0 Å². The molecule has 0 aromatic heterocycles. The minimum atomic E-state index is -0.0672. The summed E-state index contributed by atoms with van der Waals surface area (Å²) in [7, 11) is 0. The third-order valence-corrected chi connectivity index (χ3v) is 4.04. The van der Waals surface area contributed by atoms with Crippen molar-refractivity contribution in [2.45, 2.75) is 32.2 Å². The minimum Gasteiger partial charge on any atom is -0.395 e. The van der Waals surface area contributed by atoms with Gasteiger partial charge in [-0.2, -0.15) is 0 Å². The van der Waals surface area contributed by atoms with Crippen molar-refractivity contribution in [1.82, 2.24) is 4.90 Å². The third-order valence-electron chi connectivity index (χ3n) is 3.54. The van der Waals surface area contributed by atoms with Gasteiger partial charge >= 0.3 is 0 Å². The number of aliphatic hydroxyl groups excluding tert-OH is 1. The van der Waals surface area contributed by atoms with Gasteiger partial charge in [0.1, 0.15) is 0 Å². The summed E-state index contributed by atoms with van der Waals surface area (Å²) in [6, 6.07) is 5.74. The van der Waals surface area contributed by atoms with Crippen LogP contribution in [0.15, 0.2) is 18.2 Å². The Hall–Kier alpha value is -1.06. The first-order valence-corrected chi connectivity index (χ1v) is 6.70. The second kappa shape index (κ2) is 5.72. The maximum Gasteiger partial charge on any atom is 0.255 e. The maximum absolute atomic E-state index is 12.5. The number of amides is 1. The second-order valence-corrected chi connectivity index (χ2v) is 5.12. The molecule has 1 aliphatic carbocycles. The molecule has 0 unspecified atom stereocenters. The number of benzene rings is 1. The zero-order valence-electron chi connectivity index (χ0n) is 10.5. The summed E-state index contributed by atoms with van der Waals surface area (Å²) in [4.78, 5) is 14.2. The van der Waals surface area contributed by atoms with E-state index in [1.807, 2.05) is 19.1 Å². The summed E-state index contributed by atoms with van der Waals surface area (Å²) in [5.41, 5.74) is 1.44. The molecule has 0 aliphatic heterocycles. The molecule has 0 atom stereocenters. The molecule has 3 nitrogen and oxygen atoms in total. The number of nitrogens with zero attached hydrogens (tertiary/aromatic N) is 1. The predicted octanol–water partition coefficient (Wildman–Crippen LogP) is 2.64. The summed E-state index contributed by atoms with van der Waals surface area (Å²) in [5.74, 6) is -0.0672. The number of aryl methyl sites for hydroxylation is 1. The Kier molecular flexibility index (Phi) is 4.25. The van der Waals surface area contributed by atoms with E-state index < -0.39 is 0 Å². The minimum absolute atomic E-state index is 0.00826. The fourth-order valence-electron chi connectivity index (χ4n) is 2.22. The molecule has 1 N–H and O–H groups in total. The highest BCUT2D eigenvalue weighted by Crippen LogP contribution is 2.28. The fraction of sp³-hybridized carbons (Fsp3) is 0.500. The average Bonchev–Trinajstić information content (AvgIpc) is 2.29. The molecule has 0 saturated heterocycles. The zero-order valence-corrected chi connectivity index (χ0v) is 11.3. The first kappa shape index (κ1) is 13.4. The lowest BCUT2D eigenvalue weighted by Crippen LogP contribution is -2.45. The van der Waals surface area contributed by atoms with Crippen LogP contribution in [0.3, 0.4) is 0 Å². The highest BCUT2D eigenvalue weighted by Gasteiger charge is 2.29. The van der Waals surface area contributed by atoms with Gasteiger partial charge in [-0.15, -0.1) is 0 Å². The molecule has 0 radical (unpaired) electrons. The molecule has 1 aliphatic rings. The molecular weight excluding hydrogens is 250 g/mol. The topological polar surface area (TPSA) is 40.5 Å². The number of aliphatic hydroxyl groups is 1. The molecule has 0 heterocycles. The molecular formula is C14H18ClNO2. The van der Waals surface area contributed by atoms with Crippen LogP contribution < -0.4 is 0 Å². The van der Waals surface area contributed by atoms with E-state index in [4.69, 9.17) is 16.7 Å². The van der Waals surface area contributed by atoms with Gasteiger partial charge in [-0.3, -0.25) is 4.79 Å². The summed E-state index contributed by atoms with van der Waals surface area (Å²) >= 11 is 6.19. The SMILES string of the molecule is Cc1cccc(C(=O)N(CCO)C2CCC2)c1Cl. The van der Waals surface area contributed by atoms with Gasteiger partial charge in [0.25, 0.3) is 5.91 Å². The number of carbonyl (C=O) groups excluding carboxylic acids is 1. The normalized spacial score (nSPS) is 15.3. The van der Waals surface area contributed by atoms with Crippen LogP contribution in [0.2, 0.25) is 5.02 Å². The lowest BCUT2D eigenvalue weighted by Gasteiger charge is -2.37. The van der Waals surface area contributed by atoms with E-state index in [2.05, 4.69) is 0 Å². The van der Waals surface area contributed by atoms with Crippen molar-refractivity contribution in [1.29, 1.82) is 0 Å². The number of carbonyl (C=O) groups is 1. The van der Waals surface area contributed by atoms with E-state index in [-0.39, 0.29) is 18.6 Å². The number of halogens is 1. The van der Waals surface area contributed by atoms with Gasteiger partial charge in [0.05, 0.1) is 17.2 Å². The van der Waals surface area contributed by atoms with Crippen molar-refractivity contribution in [3.63, 3.8) is 0 Å². The van der Waals surface area contributed by atoms with Gasteiger partial charge in [-0.25, -0.2) is 0 Å². The van der Waals surface area contributed by atoms with Crippen LogP contribution in [-0.4, -0.2) is 35.1 Å². The third kappa shape index (κ3) is 2.52. The predicted molar refractivity (Wildman–Crippen MR) is 72.0 cm³/mol. The van der Waals surface area contributed by atoms with Crippen LogP contribution in [0.1, 0.15) is 35.2 Å². The van der Waals surface area contributed by atoms with Gasteiger partial charge in [0.15, 0.2) is 0 Å². The Morgan fingerprint density at radius 1 is 1.50 bits per heavy atom. The molecule has 0 bridgehead atoms. The fourth-order valence-corrected chi connectivity index (χ4v) is 2.43. The van der Waals surface area contributed by atoms with Crippen molar-refractivity contribution in [3.8, 4) is 0 Å². The van der Waals surface area contributed by atoms with Gasteiger partial charge in [-0.05, 0) is 37.8 Å². The van der Waals surface area contributed by atoms with Crippen molar-refractivity contribution in [3.05, 3.63) is 34.3 Å². The Morgan fingerprint density at radius 2 is 2.22 bits per heavy atom. The smallest absolute Gasteiger partial charge is 0.255 e. The van der Waals surface area contributed by atoms with E-state index in [0.717, 1.165) is 24.8 Å². The lowest BCUT2D eigenvalue weighted by molar-refractivity contribution is 0.0526. The Morgan fingerprint density at radius 3 is 2.78 bits per heavy atom. The molecule has 1 amide bonds. The van der Waals surface area contributed by atoms with Crippen molar-refractivity contribution in [2.24, 2.45) is 0 Å². The first-order valence-electron chi connectivity index (χ1n) is 6.32. The van der Waals surface area contributed by atoms with Gasteiger partial charge in [0, 0.05) is 12.6 Å². The Labute approximate surface area is 112 Å². The van der Waals surface area contributed by atoms with Crippen LogP contribution >= 0.6 is 11.6 Å². The zero-order chi connectivity index (χ0) is 13.1. The van der Waals surface area contributed by atoms with Crippen molar-refractivity contribution < 1.29 is 9.90 Å². The summed E-state index contributed by atoms with van der Waals surface area (Å²) in [6.45, 7) is 2.26. The largest absolute Gasteiger partial charge is 0.395 e. The molecule has 4 heteroatoms. The molecule has 1 aromatic rings. The van der Waals surface area contributed by atoms with Crippen molar-refractivity contribution in [2.75, 3.05) is 13.2 Å². The Balaban J connectivity index is 2.24. The summed E-state index contributed by atoms with van der Waals surface area (Å²) < 4.78 is 0. The van der Waals surface area contributed by atoms with Gasteiger partial charge in [0.2, 0.25) is 0 Å². The van der Waals surface area contributed by atoms with E-state index >= 15 is 0 Å². The van der Waals surface area contributed by atoms with E-state index in [1.165, 1.54) is 0 Å². The molecule has 1 fully saturated rings. The summed E-state index contributed by atoms with van der Waals surface area (Å²) in [6.07, 6.45) is 3.20. The molecule has 2 rings (SSSR count).